The second-order valence-corrected chi connectivity index (χ2v) is 6.83. The molecule has 0 bridgehead atoms. The molecule has 1 fully saturated rings. The fourth-order valence-electron chi connectivity index (χ4n) is 2.80. The van der Waals surface area contributed by atoms with Crippen molar-refractivity contribution in [3.8, 4) is 5.75 Å². The van der Waals surface area contributed by atoms with Gasteiger partial charge in [0.25, 0.3) is 0 Å². The molecule has 5 heteroatoms. The molecule has 0 aliphatic heterocycles. The number of aliphatic hydroxyl groups excluding tert-OH is 1. The van der Waals surface area contributed by atoms with Crippen molar-refractivity contribution < 1.29 is 9.84 Å². The van der Waals surface area contributed by atoms with Gasteiger partial charge in [0.15, 0.2) is 0 Å². The van der Waals surface area contributed by atoms with Gasteiger partial charge in [0.2, 0.25) is 0 Å². The molecule has 1 aromatic carbocycles. The van der Waals surface area contributed by atoms with E-state index in [-0.39, 0.29) is 6.61 Å². The zero-order chi connectivity index (χ0) is 15.8. The molecule has 0 aromatic heterocycles. The molecule has 2 rings (SSSR count). The first-order valence-corrected chi connectivity index (χ1v) is 8.90. The van der Waals surface area contributed by atoms with Crippen molar-refractivity contribution >= 4 is 23.2 Å². The second kappa shape index (κ2) is 9.61. The Morgan fingerprint density at radius 1 is 1.14 bits per heavy atom. The third-order valence-corrected chi connectivity index (χ3v) is 4.60. The van der Waals surface area contributed by atoms with Crippen LogP contribution in [0, 0.1) is 0 Å². The Bertz CT molecular complexity index is 448. The Labute approximate surface area is 143 Å². The molecule has 22 heavy (non-hydrogen) atoms. The van der Waals surface area contributed by atoms with Crippen molar-refractivity contribution in [2.45, 2.75) is 57.1 Å². The van der Waals surface area contributed by atoms with Crippen LogP contribution in [0.4, 0.5) is 0 Å². The van der Waals surface area contributed by atoms with Crippen LogP contribution in [0.15, 0.2) is 18.2 Å². The van der Waals surface area contributed by atoms with Gasteiger partial charge in [-0.05, 0) is 31.0 Å². The Hall–Kier alpha value is -0.480. The van der Waals surface area contributed by atoms with E-state index in [1.807, 2.05) is 0 Å². The Morgan fingerprint density at radius 2 is 1.82 bits per heavy atom. The first kappa shape index (κ1) is 17.9. The molecular weight excluding hydrogens is 321 g/mol. The lowest BCUT2D eigenvalue weighted by molar-refractivity contribution is 0.102. The summed E-state index contributed by atoms with van der Waals surface area (Å²) in [5, 5.41) is 14.6. The maximum absolute atomic E-state index is 10.1. The molecule has 1 atom stereocenters. The predicted octanol–water partition coefficient (Wildman–Crippen LogP) is 4.44. The number of nitrogens with one attached hydrogen (secondary N) is 1. The summed E-state index contributed by atoms with van der Waals surface area (Å²) in [5.74, 6) is 0.552. The van der Waals surface area contributed by atoms with Gasteiger partial charge >= 0.3 is 0 Å². The van der Waals surface area contributed by atoms with Crippen molar-refractivity contribution in [3.05, 3.63) is 28.2 Å². The van der Waals surface area contributed by atoms with Crippen LogP contribution in [-0.4, -0.2) is 30.4 Å². The molecule has 1 unspecified atom stereocenters. The monoisotopic (exact) mass is 345 g/mol. The minimum atomic E-state index is -0.544. The third-order valence-electron chi connectivity index (χ3n) is 4.07. The van der Waals surface area contributed by atoms with Gasteiger partial charge in [-0.15, -0.1) is 0 Å². The zero-order valence-electron chi connectivity index (χ0n) is 12.9. The minimum absolute atomic E-state index is 0.223. The summed E-state index contributed by atoms with van der Waals surface area (Å²) >= 11 is 11.9. The number of ether oxygens (including phenoxy) is 1. The van der Waals surface area contributed by atoms with Crippen molar-refractivity contribution in [2.24, 2.45) is 0 Å². The van der Waals surface area contributed by atoms with E-state index in [2.05, 4.69) is 5.32 Å². The van der Waals surface area contributed by atoms with Gasteiger partial charge in [-0.25, -0.2) is 0 Å². The van der Waals surface area contributed by atoms with Crippen molar-refractivity contribution in [3.63, 3.8) is 0 Å². The minimum Gasteiger partial charge on any atom is -0.489 e. The molecule has 0 amide bonds. The number of halogens is 2. The SMILES string of the molecule is OC(CNC1CCCCCCC1)COc1ccc(Cl)cc1Cl. The molecule has 1 aliphatic rings. The van der Waals surface area contributed by atoms with Gasteiger partial charge in [0.1, 0.15) is 18.5 Å². The molecular formula is C17H25Cl2NO2. The lowest BCUT2D eigenvalue weighted by Crippen LogP contribution is -2.38. The largest absolute Gasteiger partial charge is 0.489 e. The van der Waals surface area contributed by atoms with E-state index in [1.54, 1.807) is 18.2 Å². The van der Waals surface area contributed by atoms with E-state index < -0.39 is 6.10 Å². The summed E-state index contributed by atoms with van der Waals surface area (Å²) < 4.78 is 5.56. The maximum Gasteiger partial charge on any atom is 0.138 e. The van der Waals surface area contributed by atoms with Crippen LogP contribution in [0.1, 0.15) is 44.9 Å². The summed E-state index contributed by atoms with van der Waals surface area (Å²) in [4.78, 5) is 0. The molecule has 1 aromatic rings. The average molecular weight is 346 g/mol. The summed E-state index contributed by atoms with van der Waals surface area (Å²) in [6.07, 6.45) is 8.46. The Balaban J connectivity index is 1.69. The van der Waals surface area contributed by atoms with E-state index in [1.165, 1.54) is 44.9 Å². The number of hydrogen-bond donors (Lipinski definition) is 2. The third kappa shape index (κ3) is 6.33. The maximum atomic E-state index is 10.1. The highest BCUT2D eigenvalue weighted by Gasteiger charge is 2.13. The molecule has 1 aliphatic carbocycles. The van der Waals surface area contributed by atoms with Gasteiger partial charge in [-0.1, -0.05) is 55.3 Å². The fraction of sp³-hybridized carbons (Fsp3) is 0.647. The van der Waals surface area contributed by atoms with E-state index in [9.17, 15) is 5.11 Å². The second-order valence-electron chi connectivity index (χ2n) is 5.99. The molecule has 0 radical (unpaired) electrons. The first-order valence-electron chi connectivity index (χ1n) is 8.14. The molecule has 0 saturated heterocycles. The molecule has 2 N–H and O–H groups in total. The topological polar surface area (TPSA) is 41.5 Å². The van der Waals surface area contributed by atoms with Gasteiger partial charge in [-0.3, -0.25) is 0 Å². The number of benzene rings is 1. The van der Waals surface area contributed by atoms with Crippen LogP contribution in [0.5, 0.6) is 5.75 Å². The number of hydrogen-bond acceptors (Lipinski definition) is 3. The van der Waals surface area contributed by atoms with Crippen molar-refractivity contribution in [1.29, 1.82) is 0 Å². The summed E-state index contributed by atoms with van der Waals surface area (Å²) in [6.45, 7) is 0.775. The smallest absolute Gasteiger partial charge is 0.138 e. The number of rotatable bonds is 6. The van der Waals surface area contributed by atoms with Gasteiger partial charge < -0.3 is 15.2 Å². The standard InChI is InChI=1S/C17H25Cl2NO2/c18-13-8-9-17(16(19)10-13)22-12-15(21)11-20-14-6-4-2-1-3-5-7-14/h8-10,14-15,20-21H,1-7,11-12H2. The molecule has 124 valence electrons. The fourth-order valence-corrected chi connectivity index (χ4v) is 3.26. The molecule has 0 spiro atoms. The van der Waals surface area contributed by atoms with Crippen LogP contribution in [0.3, 0.4) is 0 Å². The normalized spacial score (nSPS) is 18.5. The van der Waals surface area contributed by atoms with E-state index in [0.29, 0.717) is 28.4 Å². The van der Waals surface area contributed by atoms with Gasteiger partial charge in [-0.2, -0.15) is 0 Å². The average Bonchev–Trinajstić information content (AvgIpc) is 2.45. The molecule has 1 saturated carbocycles. The predicted molar refractivity (Wildman–Crippen MR) is 92.1 cm³/mol. The molecule has 3 nitrogen and oxygen atoms in total. The van der Waals surface area contributed by atoms with Crippen LogP contribution >= 0.6 is 23.2 Å². The van der Waals surface area contributed by atoms with Crippen LogP contribution in [0.25, 0.3) is 0 Å². The Morgan fingerprint density at radius 3 is 2.50 bits per heavy atom. The zero-order valence-corrected chi connectivity index (χ0v) is 14.4. The lowest BCUT2D eigenvalue weighted by atomic mass is 9.96. The van der Waals surface area contributed by atoms with Gasteiger partial charge in [0.05, 0.1) is 5.02 Å². The van der Waals surface area contributed by atoms with E-state index in [4.69, 9.17) is 27.9 Å². The highest BCUT2D eigenvalue weighted by Crippen LogP contribution is 2.27. The van der Waals surface area contributed by atoms with E-state index in [0.717, 1.165) is 0 Å². The highest BCUT2D eigenvalue weighted by molar-refractivity contribution is 6.35. The van der Waals surface area contributed by atoms with E-state index >= 15 is 0 Å². The summed E-state index contributed by atoms with van der Waals surface area (Å²) in [5.41, 5.74) is 0. The summed E-state index contributed by atoms with van der Waals surface area (Å²) in [7, 11) is 0. The quantitative estimate of drug-likeness (QED) is 0.800. The highest BCUT2D eigenvalue weighted by atomic mass is 35.5. The first-order chi connectivity index (χ1) is 10.6. The van der Waals surface area contributed by atoms with Gasteiger partial charge in [0, 0.05) is 17.6 Å². The van der Waals surface area contributed by atoms with Crippen molar-refractivity contribution in [2.75, 3.05) is 13.2 Å². The van der Waals surface area contributed by atoms with Crippen LogP contribution in [-0.2, 0) is 0 Å². The molecule has 0 heterocycles. The summed E-state index contributed by atoms with van der Waals surface area (Å²) in [6, 6.07) is 5.60. The Kier molecular flexibility index (Phi) is 7.81. The lowest BCUT2D eigenvalue weighted by Gasteiger charge is -2.23. The van der Waals surface area contributed by atoms with Crippen LogP contribution < -0.4 is 10.1 Å². The van der Waals surface area contributed by atoms with Crippen LogP contribution in [0.2, 0.25) is 10.0 Å². The van der Waals surface area contributed by atoms with Crippen molar-refractivity contribution in [1.82, 2.24) is 5.32 Å². The number of aliphatic hydroxyl groups is 1.